The molecule has 0 unspecified atom stereocenters. The lowest BCUT2D eigenvalue weighted by Crippen LogP contribution is -2.46. The molecule has 0 bridgehead atoms. The third kappa shape index (κ3) is 4.64. The van der Waals surface area contributed by atoms with Crippen molar-refractivity contribution in [2.45, 2.75) is 57.0 Å². The Hall–Kier alpha value is -3.10. The molecule has 0 radical (unpaired) electrons. The second-order valence-corrected chi connectivity index (χ2v) is 11.6. The number of H-pyrrole nitrogens is 2. The van der Waals surface area contributed by atoms with Crippen molar-refractivity contribution in [2.24, 2.45) is 0 Å². The SMILES string of the molecule is CN1CCC(Nc2cccc3[nH]nc(-c4nc5ccc(N6CCC(N7CCCCC7)CC6)cc5[nH]4)c23)CC1. The van der Waals surface area contributed by atoms with E-state index in [1.54, 1.807) is 0 Å². The predicted molar refractivity (Wildman–Crippen MR) is 156 cm³/mol. The molecule has 3 saturated heterocycles. The van der Waals surface area contributed by atoms with E-state index in [4.69, 9.17) is 10.1 Å². The van der Waals surface area contributed by atoms with Gasteiger partial charge in [-0.2, -0.15) is 5.10 Å². The van der Waals surface area contributed by atoms with Crippen LogP contribution in [0.1, 0.15) is 44.9 Å². The molecule has 3 aliphatic rings. The summed E-state index contributed by atoms with van der Waals surface area (Å²) in [6.45, 7) is 7.12. The number of hydrogen-bond acceptors (Lipinski definition) is 6. The molecule has 38 heavy (non-hydrogen) atoms. The second-order valence-electron chi connectivity index (χ2n) is 11.6. The highest BCUT2D eigenvalue weighted by Gasteiger charge is 2.26. The van der Waals surface area contributed by atoms with Crippen LogP contribution in [0, 0.1) is 0 Å². The fourth-order valence-electron chi connectivity index (χ4n) is 6.82. The minimum absolute atomic E-state index is 0.483. The van der Waals surface area contributed by atoms with Gasteiger partial charge in [0.25, 0.3) is 0 Å². The number of imidazole rings is 1. The molecule has 8 nitrogen and oxygen atoms in total. The van der Waals surface area contributed by atoms with E-state index in [1.807, 2.05) is 0 Å². The first-order chi connectivity index (χ1) is 18.7. The number of benzene rings is 2. The highest BCUT2D eigenvalue weighted by atomic mass is 15.2. The van der Waals surface area contributed by atoms with Crippen LogP contribution < -0.4 is 10.2 Å². The van der Waals surface area contributed by atoms with E-state index in [-0.39, 0.29) is 0 Å². The number of fused-ring (bicyclic) bond motifs is 2. The van der Waals surface area contributed by atoms with Crippen LogP contribution in [0.15, 0.2) is 36.4 Å². The van der Waals surface area contributed by atoms with Gasteiger partial charge in [0, 0.05) is 36.5 Å². The number of piperidine rings is 3. The number of nitrogens with one attached hydrogen (secondary N) is 3. The number of aromatic amines is 2. The smallest absolute Gasteiger partial charge is 0.159 e. The molecule has 2 aromatic carbocycles. The Morgan fingerprint density at radius 1 is 0.868 bits per heavy atom. The summed E-state index contributed by atoms with van der Waals surface area (Å²) in [5, 5.41) is 12.9. The van der Waals surface area contributed by atoms with Crippen molar-refractivity contribution in [1.29, 1.82) is 0 Å². The lowest BCUT2D eigenvalue weighted by Gasteiger charge is -2.41. The quantitative estimate of drug-likeness (QED) is 0.347. The van der Waals surface area contributed by atoms with E-state index in [1.165, 1.54) is 50.9 Å². The first kappa shape index (κ1) is 24.0. The Balaban J connectivity index is 1.11. The zero-order valence-electron chi connectivity index (χ0n) is 22.5. The van der Waals surface area contributed by atoms with Gasteiger partial charge in [-0.1, -0.05) is 12.5 Å². The largest absolute Gasteiger partial charge is 0.382 e. The molecule has 200 valence electrons. The van der Waals surface area contributed by atoms with Gasteiger partial charge in [0.05, 0.1) is 21.9 Å². The van der Waals surface area contributed by atoms with Gasteiger partial charge in [-0.25, -0.2) is 4.98 Å². The Morgan fingerprint density at radius 3 is 2.50 bits per heavy atom. The molecule has 7 rings (SSSR count). The molecule has 3 N–H and O–H groups in total. The van der Waals surface area contributed by atoms with Crippen LogP contribution in [0.5, 0.6) is 0 Å². The topological polar surface area (TPSA) is 79.1 Å². The first-order valence-corrected chi connectivity index (χ1v) is 14.6. The second kappa shape index (κ2) is 10.2. The highest BCUT2D eigenvalue weighted by molar-refractivity contribution is 6.02. The molecule has 0 aliphatic carbocycles. The maximum Gasteiger partial charge on any atom is 0.159 e. The summed E-state index contributed by atoms with van der Waals surface area (Å²) in [6.07, 6.45) is 8.99. The zero-order valence-corrected chi connectivity index (χ0v) is 22.5. The number of hydrogen-bond donors (Lipinski definition) is 3. The molecule has 0 amide bonds. The number of likely N-dealkylation sites (tertiary alicyclic amines) is 2. The Morgan fingerprint density at radius 2 is 1.68 bits per heavy atom. The van der Waals surface area contributed by atoms with Crippen LogP contribution in [0.4, 0.5) is 11.4 Å². The fourth-order valence-corrected chi connectivity index (χ4v) is 6.82. The standard InChI is InChI=1S/C30H40N8/c1-36-16-10-21(11-17-36)31-25-6-5-7-26-28(25)29(35-34-26)30-32-24-9-8-23(20-27(24)33-30)38-18-12-22(13-19-38)37-14-3-2-4-15-37/h5-9,20-22,31H,2-4,10-19H2,1H3,(H,32,33)(H,34,35). The molecule has 2 aromatic heterocycles. The van der Waals surface area contributed by atoms with Crippen molar-refractivity contribution in [3.05, 3.63) is 36.4 Å². The van der Waals surface area contributed by atoms with Crippen molar-refractivity contribution in [3.8, 4) is 11.5 Å². The molecule has 0 spiro atoms. The van der Waals surface area contributed by atoms with Gasteiger partial charge in [-0.15, -0.1) is 0 Å². The predicted octanol–water partition coefficient (Wildman–Crippen LogP) is 5.07. The van der Waals surface area contributed by atoms with Crippen LogP contribution in [0.3, 0.4) is 0 Å². The van der Waals surface area contributed by atoms with Crippen molar-refractivity contribution in [3.63, 3.8) is 0 Å². The molecule has 0 saturated carbocycles. The molecule has 0 atom stereocenters. The van der Waals surface area contributed by atoms with Crippen LogP contribution in [0.2, 0.25) is 0 Å². The minimum Gasteiger partial charge on any atom is -0.382 e. The summed E-state index contributed by atoms with van der Waals surface area (Å²) >= 11 is 0. The normalized spacial score (nSPS) is 21.0. The summed E-state index contributed by atoms with van der Waals surface area (Å²) in [5.41, 5.74) is 6.42. The molecule has 3 fully saturated rings. The van der Waals surface area contributed by atoms with Crippen molar-refractivity contribution < 1.29 is 0 Å². The van der Waals surface area contributed by atoms with Gasteiger partial charge in [-0.05, 0) is 102 Å². The summed E-state index contributed by atoms with van der Waals surface area (Å²) in [6, 6.07) is 14.3. The van der Waals surface area contributed by atoms with Crippen molar-refractivity contribution in [1.82, 2.24) is 30.0 Å². The van der Waals surface area contributed by atoms with E-state index < -0.39 is 0 Å². The van der Waals surface area contributed by atoms with Crippen LogP contribution in [-0.2, 0) is 0 Å². The van der Waals surface area contributed by atoms with E-state index in [2.05, 4.69) is 73.5 Å². The Kier molecular flexibility index (Phi) is 6.45. The minimum atomic E-state index is 0.483. The third-order valence-corrected chi connectivity index (χ3v) is 9.09. The Labute approximate surface area is 224 Å². The molecule has 4 aromatic rings. The summed E-state index contributed by atoms with van der Waals surface area (Å²) in [4.78, 5) is 16.3. The number of nitrogens with zero attached hydrogens (tertiary/aromatic N) is 5. The maximum absolute atomic E-state index is 4.96. The van der Waals surface area contributed by atoms with Gasteiger partial charge in [-0.3, -0.25) is 5.10 Å². The van der Waals surface area contributed by atoms with Crippen LogP contribution in [0.25, 0.3) is 33.5 Å². The van der Waals surface area contributed by atoms with Gasteiger partial charge >= 0.3 is 0 Å². The molecule has 8 heteroatoms. The molecule has 5 heterocycles. The number of rotatable bonds is 5. The van der Waals surface area contributed by atoms with E-state index >= 15 is 0 Å². The fraction of sp³-hybridized carbons (Fsp3) is 0.533. The zero-order chi connectivity index (χ0) is 25.5. The average Bonchev–Trinajstić information content (AvgIpc) is 3.59. The van der Waals surface area contributed by atoms with Crippen molar-refractivity contribution >= 4 is 33.3 Å². The van der Waals surface area contributed by atoms with E-state index in [9.17, 15) is 0 Å². The number of anilines is 2. The summed E-state index contributed by atoms with van der Waals surface area (Å²) in [7, 11) is 2.20. The molecule has 3 aliphatic heterocycles. The highest BCUT2D eigenvalue weighted by Crippen LogP contribution is 2.34. The van der Waals surface area contributed by atoms with Crippen LogP contribution in [-0.4, -0.2) is 88.4 Å². The van der Waals surface area contributed by atoms with Gasteiger partial charge in [0.2, 0.25) is 0 Å². The summed E-state index contributed by atoms with van der Waals surface area (Å²) in [5.74, 6) is 0.824. The lowest BCUT2D eigenvalue weighted by molar-refractivity contribution is 0.141. The Bertz CT molecular complexity index is 1380. The van der Waals surface area contributed by atoms with E-state index in [0.29, 0.717) is 6.04 Å². The third-order valence-electron chi connectivity index (χ3n) is 9.09. The molecular weight excluding hydrogens is 472 g/mol. The summed E-state index contributed by atoms with van der Waals surface area (Å²) < 4.78 is 0. The molecular formula is C30H40N8. The van der Waals surface area contributed by atoms with Gasteiger partial charge in [0.15, 0.2) is 5.82 Å². The maximum atomic E-state index is 4.96. The van der Waals surface area contributed by atoms with E-state index in [0.717, 1.165) is 84.2 Å². The number of aromatic nitrogens is 4. The van der Waals surface area contributed by atoms with Gasteiger partial charge < -0.3 is 25.0 Å². The van der Waals surface area contributed by atoms with Crippen LogP contribution >= 0.6 is 0 Å². The first-order valence-electron chi connectivity index (χ1n) is 14.6. The lowest BCUT2D eigenvalue weighted by atomic mass is 9.99. The average molecular weight is 513 g/mol. The monoisotopic (exact) mass is 512 g/mol. The van der Waals surface area contributed by atoms with Gasteiger partial charge in [0.1, 0.15) is 5.69 Å². The van der Waals surface area contributed by atoms with Crippen molar-refractivity contribution in [2.75, 3.05) is 56.5 Å².